The summed E-state index contributed by atoms with van der Waals surface area (Å²) < 4.78 is 5.29. The lowest BCUT2D eigenvalue weighted by Gasteiger charge is -2.29. The van der Waals surface area contributed by atoms with E-state index in [1.165, 1.54) is 12.8 Å². The third-order valence-corrected chi connectivity index (χ3v) is 4.78. The molecule has 0 saturated carbocycles. The van der Waals surface area contributed by atoms with Gasteiger partial charge in [0.05, 0.1) is 19.4 Å². The van der Waals surface area contributed by atoms with Gasteiger partial charge in [0, 0.05) is 30.3 Å². The van der Waals surface area contributed by atoms with Crippen molar-refractivity contribution in [2.24, 2.45) is 0 Å². The molecule has 3 atom stereocenters. The third kappa shape index (κ3) is 3.67. The minimum Gasteiger partial charge on any atom is -0.481 e. The van der Waals surface area contributed by atoms with E-state index in [2.05, 4.69) is 36.1 Å². The Morgan fingerprint density at radius 1 is 1.20 bits per heavy atom. The topological polar surface area (TPSA) is 120 Å². The van der Waals surface area contributed by atoms with Crippen LogP contribution in [0, 0.1) is 0 Å². The number of anilines is 3. The first kappa shape index (κ1) is 16.1. The number of aliphatic hydroxyl groups is 1. The summed E-state index contributed by atoms with van der Waals surface area (Å²) >= 11 is 0. The summed E-state index contributed by atoms with van der Waals surface area (Å²) in [5.74, 6) is 2.19. The molecule has 4 heterocycles. The van der Waals surface area contributed by atoms with Gasteiger partial charge in [-0.15, -0.1) is 0 Å². The number of ether oxygens (including phenoxy) is 1. The third-order valence-electron chi connectivity index (χ3n) is 4.78. The van der Waals surface area contributed by atoms with Gasteiger partial charge in [-0.3, -0.25) is 5.10 Å². The highest BCUT2D eigenvalue weighted by Crippen LogP contribution is 2.29. The Bertz CT molecular complexity index is 723. The highest BCUT2D eigenvalue weighted by Gasteiger charge is 2.33. The number of nitrogens with one attached hydrogen (secondary N) is 4. The number of fused-ring (bicyclic) bond motifs is 2. The van der Waals surface area contributed by atoms with E-state index in [-0.39, 0.29) is 6.61 Å². The van der Waals surface area contributed by atoms with Crippen LogP contribution in [0.15, 0.2) is 12.1 Å². The molecule has 2 aliphatic heterocycles. The van der Waals surface area contributed by atoms with Gasteiger partial charge in [-0.2, -0.15) is 15.1 Å². The molecule has 4 rings (SSSR count). The van der Waals surface area contributed by atoms with E-state index in [0.29, 0.717) is 47.3 Å². The summed E-state index contributed by atoms with van der Waals surface area (Å²) in [5.41, 5.74) is 0.632. The number of aromatic nitrogens is 4. The van der Waals surface area contributed by atoms with Gasteiger partial charge in [-0.1, -0.05) is 0 Å². The number of aliphatic hydroxyl groups excluding tert-OH is 1. The van der Waals surface area contributed by atoms with E-state index in [9.17, 15) is 0 Å². The predicted octanol–water partition coefficient (Wildman–Crippen LogP) is 1.14. The van der Waals surface area contributed by atoms with Gasteiger partial charge < -0.3 is 25.8 Å². The van der Waals surface area contributed by atoms with Gasteiger partial charge >= 0.3 is 0 Å². The molecule has 0 spiro atoms. The van der Waals surface area contributed by atoms with Crippen molar-refractivity contribution >= 4 is 17.6 Å². The van der Waals surface area contributed by atoms with Crippen LogP contribution in [0.4, 0.5) is 17.6 Å². The Kier molecular flexibility index (Phi) is 4.41. The predicted molar refractivity (Wildman–Crippen MR) is 93.0 cm³/mol. The summed E-state index contributed by atoms with van der Waals surface area (Å²) in [5, 5.41) is 26.1. The van der Waals surface area contributed by atoms with Crippen molar-refractivity contribution in [2.75, 3.05) is 17.7 Å². The van der Waals surface area contributed by atoms with Crippen LogP contribution in [0.3, 0.4) is 0 Å². The van der Waals surface area contributed by atoms with E-state index in [4.69, 9.17) is 9.84 Å². The quantitative estimate of drug-likeness (QED) is 0.529. The smallest absolute Gasteiger partial charge is 0.228 e. The fourth-order valence-electron chi connectivity index (χ4n) is 3.65. The van der Waals surface area contributed by atoms with Gasteiger partial charge in [0.1, 0.15) is 5.82 Å². The van der Waals surface area contributed by atoms with Crippen LogP contribution >= 0.6 is 0 Å². The molecule has 2 aromatic rings. The van der Waals surface area contributed by atoms with Crippen LogP contribution in [0.5, 0.6) is 5.88 Å². The molecule has 2 fully saturated rings. The lowest BCUT2D eigenvalue weighted by molar-refractivity contribution is 0.276. The zero-order valence-electron chi connectivity index (χ0n) is 14.1. The Labute approximate surface area is 145 Å². The maximum absolute atomic E-state index is 9.11. The summed E-state index contributed by atoms with van der Waals surface area (Å²) in [4.78, 5) is 8.93. The Balaban J connectivity index is 1.49. The molecule has 0 amide bonds. The summed E-state index contributed by atoms with van der Waals surface area (Å²) in [6.07, 6.45) is 4.67. The van der Waals surface area contributed by atoms with E-state index in [0.717, 1.165) is 12.8 Å². The lowest BCUT2D eigenvalue weighted by Crippen LogP contribution is -2.43. The molecule has 25 heavy (non-hydrogen) atoms. The van der Waals surface area contributed by atoms with Crippen molar-refractivity contribution in [3.05, 3.63) is 17.8 Å². The molecule has 0 unspecified atom stereocenters. The van der Waals surface area contributed by atoms with Gasteiger partial charge in [0.2, 0.25) is 11.8 Å². The summed E-state index contributed by atoms with van der Waals surface area (Å²) in [6.45, 7) is -0.0906. The normalized spacial score (nSPS) is 25.0. The van der Waals surface area contributed by atoms with Crippen molar-refractivity contribution in [3.63, 3.8) is 0 Å². The largest absolute Gasteiger partial charge is 0.481 e. The van der Waals surface area contributed by atoms with Crippen molar-refractivity contribution in [3.8, 4) is 5.88 Å². The molecule has 0 radical (unpaired) electrons. The molecule has 2 saturated heterocycles. The molecule has 0 aromatic carbocycles. The van der Waals surface area contributed by atoms with Crippen molar-refractivity contribution in [2.45, 2.75) is 50.4 Å². The second kappa shape index (κ2) is 6.85. The average Bonchev–Trinajstić information content (AvgIpc) is 3.20. The molecule has 5 N–H and O–H groups in total. The van der Waals surface area contributed by atoms with Crippen LogP contribution in [0.1, 0.15) is 31.4 Å². The Morgan fingerprint density at radius 2 is 2.00 bits per heavy atom. The average molecular weight is 345 g/mol. The first-order valence-corrected chi connectivity index (χ1v) is 8.59. The minimum atomic E-state index is -0.0906. The molecular formula is C16H23N7O2. The number of piperidine rings is 1. The number of rotatable bonds is 6. The number of methoxy groups -OCH3 is 1. The molecule has 2 aliphatic rings. The molecule has 2 bridgehead atoms. The molecule has 9 heteroatoms. The number of nitrogens with zero attached hydrogens (tertiary/aromatic N) is 3. The van der Waals surface area contributed by atoms with Crippen LogP contribution in [0.25, 0.3) is 0 Å². The Hall–Kier alpha value is -2.39. The van der Waals surface area contributed by atoms with Gasteiger partial charge in [-0.05, 0) is 25.7 Å². The SMILES string of the molecule is COc1cc(Nc2cc(CO)[nH]n2)nc(N[C@@H]2C[C@H]3CC[C@@H](C2)N3)n1. The van der Waals surface area contributed by atoms with Gasteiger partial charge in [-0.25, -0.2) is 0 Å². The van der Waals surface area contributed by atoms with Gasteiger partial charge in [0.15, 0.2) is 5.82 Å². The monoisotopic (exact) mass is 345 g/mol. The standard InChI is InChI=1S/C16H23N7O2/c1-25-15-7-13(19-14-6-12(8-24)22-23-14)20-16(21-15)18-11-4-9-2-3-10(5-11)17-9/h6-7,9-11,17,24H,2-5,8H2,1H3,(H3,18,19,20,21,22,23)/t9-,10+,11-. The van der Waals surface area contributed by atoms with Gasteiger partial charge in [0.25, 0.3) is 0 Å². The highest BCUT2D eigenvalue weighted by molar-refractivity contribution is 5.55. The zero-order chi connectivity index (χ0) is 17.2. The number of H-pyrrole nitrogens is 1. The molecule has 0 aliphatic carbocycles. The van der Waals surface area contributed by atoms with Crippen LogP contribution < -0.4 is 20.7 Å². The maximum Gasteiger partial charge on any atom is 0.228 e. The second-order valence-corrected chi connectivity index (χ2v) is 6.63. The molecular weight excluding hydrogens is 322 g/mol. The zero-order valence-corrected chi connectivity index (χ0v) is 14.1. The molecule has 134 valence electrons. The minimum absolute atomic E-state index is 0.0906. The van der Waals surface area contributed by atoms with Crippen LogP contribution in [-0.4, -0.2) is 50.5 Å². The lowest BCUT2D eigenvalue weighted by atomic mass is 10.0. The molecule has 2 aromatic heterocycles. The number of hydrogen-bond donors (Lipinski definition) is 5. The van der Waals surface area contributed by atoms with Crippen molar-refractivity contribution < 1.29 is 9.84 Å². The van der Waals surface area contributed by atoms with Crippen molar-refractivity contribution in [1.29, 1.82) is 0 Å². The van der Waals surface area contributed by atoms with E-state index in [1.807, 2.05) is 0 Å². The number of hydrogen-bond acceptors (Lipinski definition) is 8. The summed E-state index contributed by atoms with van der Waals surface area (Å²) in [7, 11) is 1.58. The first-order valence-electron chi connectivity index (χ1n) is 8.59. The fraction of sp³-hybridized carbons (Fsp3) is 0.562. The Morgan fingerprint density at radius 3 is 2.68 bits per heavy atom. The number of aromatic amines is 1. The highest BCUT2D eigenvalue weighted by atomic mass is 16.5. The van der Waals surface area contributed by atoms with E-state index < -0.39 is 0 Å². The van der Waals surface area contributed by atoms with Crippen LogP contribution in [0.2, 0.25) is 0 Å². The molecule has 9 nitrogen and oxygen atoms in total. The van der Waals surface area contributed by atoms with Crippen LogP contribution in [-0.2, 0) is 6.61 Å². The fourth-order valence-corrected chi connectivity index (χ4v) is 3.65. The van der Waals surface area contributed by atoms with Crippen molar-refractivity contribution in [1.82, 2.24) is 25.5 Å². The first-order chi connectivity index (χ1) is 12.2. The summed E-state index contributed by atoms with van der Waals surface area (Å²) in [6, 6.07) is 5.00. The van der Waals surface area contributed by atoms with E-state index in [1.54, 1.807) is 19.2 Å². The second-order valence-electron chi connectivity index (χ2n) is 6.63. The maximum atomic E-state index is 9.11. The van der Waals surface area contributed by atoms with E-state index >= 15 is 0 Å².